The minimum atomic E-state index is 0.117. The number of carbonyl (C=O) groups excluding carboxylic acids is 1. The molecule has 1 saturated heterocycles. The van der Waals surface area contributed by atoms with Gasteiger partial charge in [-0.3, -0.25) is 9.69 Å². The number of nitrogens with zero attached hydrogens (tertiary/aromatic N) is 2. The van der Waals surface area contributed by atoms with Gasteiger partial charge in [-0.15, -0.1) is 0 Å². The molecule has 0 saturated carbocycles. The lowest BCUT2D eigenvalue weighted by molar-refractivity contribution is 0.0322. The lowest BCUT2D eigenvalue weighted by atomic mass is 9.98. The molecule has 2 heterocycles. The molecule has 0 radical (unpaired) electrons. The van der Waals surface area contributed by atoms with Crippen molar-refractivity contribution < 1.29 is 9.53 Å². The minimum absolute atomic E-state index is 0.117. The van der Waals surface area contributed by atoms with Crippen molar-refractivity contribution in [3.63, 3.8) is 0 Å². The topological polar surface area (TPSA) is 58.8 Å². The summed E-state index contributed by atoms with van der Waals surface area (Å²) >= 11 is 0. The predicted octanol–water partition coefficient (Wildman–Crippen LogP) is 0.599. The highest BCUT2D eigenvalue weighted by Gasteiger charge is 2.24. The molecule has 1 fully saturated rings. The van der Waals surface area contributed by atoms with Crippen LogP contribution in [0.5, 0.6) is 0 Å². The molecule has 1 amide bonds. The molecule has 20 heavy (non-hydrogen) atoms. The largest absolute Gasteiger partial charge is 0.399 e. The van der Waals surface area contributed by atoms with Crippen LogP contribution in [0.3, 0.4) is 0 Å². The van der Waals surface area contributed by atoms with E-state index in [9.17, 15) is 4.79 Å². The van der Waals surface area contributed by atoms with E-state index in [4.69, 9.17) is 10.5 Å². The normalized spacial score (nSPS) is 20.0. The van der Waals surface area contributed by atoms with Crippen molar-refractivity contribution in [3.8, 4) is 0 Å². The van der Waals surface area contributed by atoms with Gasteiger partial charge in [0.25, 0.3) is 5.91 Å². The number of morpholine rings is 1. The van der Waals surface area contributed by atoms with Gasteiger partial charge in [0.05, 0.1) is 13.2 Å². The first-order valence-electron chi connectivity index (χ1n) is 7.22. The molecule has 1 aromatic rings. The van der Waals surface area contributed by atoms with Crippen LogP contribution < -0.4 is 5.73 Å². The Morgan fingerprint density at radius 2 is 1.95 bits per heavy atom. The zero-order chi connectivity index (χ0) is 13.9. The molecule has 5 heteroatoms. The molecule has 0 aromatic heterocycles. The smallest absolute Gasteiger partial charge is 0.254 e. The van der Waals surface area contributed by atoms with Crippen LogP contribution in [0.1, 0.15) is 15.9 Å². The van der Waals surface area contributed by atoms with E-state index in [2.05, 4.69) is 4.90 Å². The maximum Gasteiger partial charge on any atom is 0.254 e. The number of nitrogens with two attached hydrogens (primary N) is 1. The van der Waals surface area contributed by atoms with E-state index in [1.165, 1.54) is 0 Å². The molecule has 1 aromatic carbocycles. The van der Waals surface area contributed by atoms with E-state index in [1.807, 2.05) is 17.0 Å². The fraction of sp³-hybridized carbons (Fsp3) is 0.533. The molecule has 0 atom stereocenters. The Morgan fingerprint density at radius 3 is 2.75 bits per heavy atom. The van der Waals surface area contributed by atoms with E-state index in [-0.39, 0.29) is 5.91 Å². The second kappa shape index (κ2) is 5.81. The lowest BCUT2D eigenvalue weighted by Crippen LogP contribution is -2.45. The number of carbonyl (C=O) groups is 1. The van der Waals surface area contributed by atoms with Crippen molar-refractivity contribution in [2.24, 2.45) is 0 Å². The predicted molar refractivity (Wildman–Crippen MR) is 77.7 cm³/mol. The molecule has 3 rings (SSSR count). The first-order chi connectivity index (χ1) is 9.74. The van der Waals surface area contributed by atoms with Crippen molar-refractivity contribution in [2.45, 2.75) is 6.42 Å². The SMILES string of the molecule is Nc1ccc2c(c1)C(=O)N(CCN1CCOCC1)CC2. The average molecular weight is 275 g/mol. The van der Waals surface area contributed by atoms with Crippen molar-refractivity contribution in [3.05, 3.63) is 29.3 Å². The van der Waals surface area contributed by atoms with Crippen molar-refractivity contribution in [2.75, 3.05) is 51.7 Å². The first-order valence-corrected chi connectivity index (χ1v) is 7.22. The van der Waals surface area contributed by atoms with Crippen LogP contribution in [-0.4, -0.2) is 61.6 Å². The molecule has 2 N–H and O–H groups in total. The van der Waals surface area contributed by atoms with Crippen molar-refractivity contribution in [1.82, 2.24) is 9.80 Å². The van der Waals surface area contributed by atoms with Crippen molar-refractivity contribution in [1.29, 1.82) is 0 Å². The van der Waals surface area contributed by atoms with E-state index in [0.29, 0.717) is 5.69 Å². The molecular weight excluding hydrogens is 254 g/mol. The van der Waals surface area contributed by atoms with Gasteiger partial charge in [0.1, 0.15) is 0 Å². The minimum Gasteiger partial charge on any atom is -0.399 e. The highest BCUT2D eigenvalue weighted by Crippen LogP contribution is 2.21. The summed E-state index contributed by atoms with van der Waals surface area (Å²) in [6.45, 7) is 6.04. The Bertz CT molecular complexity index is 498. The fourth-order valence-electron chi connectivity index (χ4n) is 2.84. The molecule has 0 aliphatic carbocycles. The Hall–Kier alpha value is -1.59. The van der Waals surface area contributed by atoms with Crippen LogP contribution in [0.2, 0.25) is 0 Å². The van der Waals surface area contributed by atoms with Crippen molar-refractivity contribution >= 4 is 11.6 Å². The summed E-state index contributed by atoms with van der Waals surface area (Å²) in [6.07, 6.45) is 0.921. The molecule has 0 unspecified atom stereocenters. The number of amides is 1. The van der Waals surface area contributed by atoms with E-state index in [0.717, 1.165) is 63.5 Å². The second-order valence-electron chi connectivity index (χ2n) is 5.41. The van der Waals surface area contributed by atoms with Crippen LogP contribution in [0, 0.1) is 0 Å². The summed E-state index contributed by atoms with van der Waals surface area (Å²) < 4.78 is 5.34. The second-order valence-corrected chi connectivity index (χ2v) is 5.41. The summed E-state index contributed by atoms with van der Waals surface area (Å²) in [7, 11) is 0. The molecule has 5 nitrogen and oxygen atoms in total. The number of fused-ring (bicyclic) bond motifs is 1. The van der Waals surface area contributed by atoms with E-state index < -0.39 is 0 Å². The van der Waals surface area contributed by atoms with E-state index >= 15 is 0 Å². The Balaban J connectivity index is 1.63. The monoisotopic (exact) mass is 275 g/mol. The van der Waals surface area contributed by atoms with Gasteiger partial charge in [0.15, 0.2) is 0 Å². The third kappa shape index (κ3) is 2.78. The molecule has 0 bridgehead atoms. The first kappa shape index (κ1) is 13.4. The number of anilines is 1. The summed E-state index contributed by atoms with van der Waals surface area (Å²) in [5.41, 5.74) is 8.34. The maximum absolute atomic E-state index is 12.5. The summed E-state index contributed by atoms with van der Waals surface area (Å²) in [5.74, 6) is 0.117. The number of benzene rings is 1. The van der Waals surface area contributed by atoms with Crippen LogP contribution in [0.4, 0.5) is 5.69 Å². The third-order valence-corrected chi connectivity index (χ3v) is 4.09. The zero-order valence-corrected chi connectivity index (χ0v) is 11.7. The standard InChI is InChI=1S/C15H21N3O2/c16-13-2-1-12-3-4-18(15(19)14(12)11-13)6-5-17-7-9-20-10-8-17/h1-2,11H,3-10,16H2. The number of hydrogen-bond acceptors (Lipinski definition) is 4. The van der Waals surface area contributed by atoms with Crippen LogP contribution in [0.25, 0.3) is 0 Å². The number of hydrogen-bond donors (Lipinski definition) is 1. The van der Waals surface area contributed by atoms with Gasteiger partial charge in [0, 0.05) is 44.0 Å². The van der Waals surface area contributed by atoms with Crippen LogP contribution >= 0.6 is 0 Å². The number of rotatable bonds is 3. The summed E-state index contributed by atoms with van der Waals surface area (Å²) in [4.78, 5) is 16.8. The Labute approximate surface area is 119 Å². The highest BCUT2D eigenvalue weighted by atomic mass is 16.5. The fourth-order valence-corrected chi connectivity index (χ4v) is 2.84. The van der Waals surface area contributed by atoms with Crippen LogP contribution in [0.15, 0.2) is 18.2 Å². The van der Waals surface area contributed by atoms with Gasteiger partial charge in [-0.2, -0.15) is 0 Å². The molecule has 2 aliphatic heterocycles. The molecule has 0 spiro atoms. The molecule has 108 valence electrons. The Morgan fingerprint density at radius 1 is 1.15 bits per heavy atom. The van der Waals surface area contributed by atoms with Gasteiger partial charge < -0.3 is 15.4 Å². The molecule has 2 aliphatic rings. The van der Waals surface area contributed by atoms with Gasteiger partial charge in [-0.05, 0) is 24.1 Å². The third-order valence-electron chi connectivity index (χ3n) is 4.09. The maximum atomic E-state index is 12.5. The number of ether oxygens (including phenoxy) is 1. The van der Waals surface area contributed by atoms with Gasteiger partial charge in [-0.1, -0.05) is 6.07 Å². The van der Waals surface area contributed by atoms with Gasteiger partial charge in [-0.25, -0.2) is 0 Å². The summed E-state index contributed by atoms with van der Waals surface area (Å²) in [6, 6.07) is 5.65. The Kier molecular flexibility index (Phi) is 3.89. The zero-order valence-electron chi connectivity index (χ0n) is 11.7. The van der Waals surface area contributed by atoms with Gasteiger partial charge in [0.2, 0.25) is 0 Å². The summed E-state index contributed by atoms with van der Waals surface area (Å²) in [5, 5.41) is 0. The lowest BCUT2D eigenvalue weighted by Gasteiger charge is -2.32. The number of nitrogen functional groups attached to an aromatic ring is 1. The average Bonchev–Trinajstić information content (AvgIpc) is 2.48. The van der Waals surface area contributed by atoms with E-state index in [1.54, 1.807) is 6.07 Å². The highest BCUT2D eigenvalue weighted by molar-refractivity contribution is 5.97. The quantitative estimate of drug-likeness (QED) is 0.821. The van der Waals surface area contributed by atoms with Crippen LogP contribution in [-0.2, 0) is 11.2 Å². The van der Waals surface area contributed by atoms with Gasteiger partial charge >= 0.3 is 0 Å². The molecular formula is C15H21N3O2.